The molecule has 2 aliphatic rings. The van der Waals surface area contributed by atoms with Crippen LogP contribution < -0.4 is 10.1 Å². The van der Waals surface area contributed by atoms with Gasteiger partial charge in [0.05, 0.1) is 6.61 Å². The highest BCUT2D eigenvalue weighted by Gasteiger charge is 2.27. The van der Waals surface area contributed by atoms with E-state index in [1.54, 1.807) is 0 Å². The summed E-state index contributed by atoms with van der Waals surface area (Å²) in [6, 6.07) is 10.4. The lowest BCUT2D eigenvalue weighted by molar-refractivity contribution is -0.136. The molecule has 0 aromatic heterocycles. The van der Waals surface area contributed by atoms with Gasteiger partial charge in [0.1, 0.15) is 5.75 Å². The number of nitrogens with zero attached hydrogens (tertiary/aromatic N) is 1. The minimum absolute atomic E-state index is 0.0321. The molecule has 0 spiro atoms. The molecule has 0 radical (unpaired) electrons. The summed E-state index contributed by atoms with van der Waals surface area (Å²) in [5, 5.41) is 3.67. The maximum atomic E-state index is 12.6. The summed E-state index contributed by atoms with van der Waals surface area (Å²) in [7, 11) is 0. The summed E-state index contributed by atoms with van der Waals surface area (Å²) in [6.45, 7) is 5.58. The Hall–Kier alpha value is -1.55. The van der Waals surface area contributed by atoms with Gasteiger partial charge in [-0.2, -0.15) is 0 Å². The smallest absolute Gasteiger partial charge is 0.225 e. The Morgan fingerprint density at radius 1 is 1.21 bits per heavy atom. The predicted octanol–water partition coefficient (Wildman–Crippen LogP) is 3.08. The largest absolute Gasteiger partial charge is 0.494 e. The number of rotatable bonds is 8. The Balaban J connectivity index is 1.33. The van der Waals surface area contributed by atoms with Crippen molar-refractivity contribution in [1.29, 1.82) is 0 Å². The molecule has 1 N–H and O–H groups in total. The Labute approximate surface area is 145 Å². The van der Waals surface area contributed by atoms with E-state index in [0.717, 1.165) is 44.0 Å². The number of hydrogen-bond acceptors (Lipinski definition) is 3. The van der Waals surface area contributed by atoms with Gasteiger partial charge in [0, 0.05) is 25.0 Å². The molecular weight excluding hydrogens is 300 g/mol. The molecule has 1 aromatic rings. The van der Waals surface area contributed by atoms with Crippen molar-refractivity contribution >= 4 is 5.91 Å². The summed E-state index contributed by atoms with van der Waals surface area (Å²) in [4.78, 5) is 14.6. The number of nitrogens with one attached hydrogen (secondary N) is 1. The van der Waals surface area contributed by atoms with Crippen LogP contribution in [0.4, 0.5) is 0 Å². The van der Waals surface area contributed by atoms with Crippen LogP contribution in [0.3, 0.4) is 0 Å². The molecule has 24 heavy (non-hydrogen) atoms. The first-order valence-corrected chi connectivity index (χ1v) is 9.42. The van der Waals surface area contributed by atoms with Crippen LogP contribution in [0.15, 0.2) is 30.3 Å². The molecule has 1 saturated heterocycles. The molecule has 132 valence electrons. The van der Waals surface area contributed by atoms with E-state index in [4.69, 9.17) is 4.74 Å². The number of carbonyl (C=O) groups excluding carboxylic acids is 1. The molecule has 1 unspecified atom stereocenters. The second kappa shape index (κ2) is 8.52. The Morgan fingerprint density at radius 3 is 2.58 bits per heavy atom. The molecule has 4 nitrogen and oxygen atoms in total. The monoisotopic (exact) mass is 330 g/mol. The molecule has 1 aliphatic carbocycles. The van der Waals surface area contributed by atoms with Crippen molar-refractivity contribution in [3.05, 3.63) is 30.3 Å². The van der Waals surface area contributed by atoms with Crippen molar-refractivity contribution in [3.8, 4) is 5.75 Å². The van der Waals surface area contributed by atoms with Crippen LogP contribution in [0.1, 0.15) is 39.0 Å². The van der Waals surface area contributed by atoms with Gasteiger partial charge >= 0.3 is 0 Å². The van der Waals surface area contributed by atoms with E-state index in [2.05, 4.69) is 5.32 Å². The molecule has 1 atom stereocenters. The van der Waals surface area contributed by atoms with Gasteiger partial charge in [-0.15, -0.1) is 0 Å². The number of likely N-dealkylation sites (tertiary alicyclic amines) is 1. The normalized spacial score (nSPS) is 20.0. The van der Waals surface area contributed by atoms with Gasteiger partial charge in [0.15, 0.2) is 0 Å². The number of ether oxygens (including phenoxy) is 1. The fraction of sp³-hybridized carbons (Fsp3) is 0.650. The summed E-state index contributed by atoms with van der Waals surface area (Å²) in [5.41, 5.74) is 0. The lowest BCUT2D eigenvalue weighted by Gasteiger charge is -2.34. The fourth-order valence-corrected chi connectivity index (χ4v) is 3.26. The summed E-state index contributed by atoms with van der Waals surface area (Å²) < 4.78 is 5.71. The van der Waals surface area contributed by atoms with Crippen LogP contribution in [0.2, 0.25) is 0 Å². The maximum absolute atomic E-state index is 12.6. The first-order chi connectivity index (χ1) is 11.7. The van der Waals surface area contributed by atoms with E-state index in [-0.39, 0.29) is 11.8 Å². The van der Waals surface area contributed by atoms with Gasteiger partial charge in [-0.05, 0) is 56.7 Å². The lowest BCUT2D eigenvalue weighted by Crippen LogP contribution is -2.46. The lowest BCUT2D eigenvalue weighted by atomic mass is 10.0. The van der Waals surface area contributed by atoms with Gasteiger partial charge in [-0.25, -0.2) is 0 Å². The number of amides is 1. The standard InChI is InChI=1S/C20H30N2O2/c1-16(11-14-24-19-5-3-2-4-6-19)20(23)22-12-9-18(10-13-22)21-15-17-7-8-17/h2-6,16-18,21H,7-15H2,1H3. The van der Waals surface area contributed by atoms with Crippen LogP contribution in [0.25, 0.3) is 0 Å². The summed E-state index contributed by atoms with van der Waals surface area (Å²) in [5.74, 6) is 2.12. The Morgan fingerprint density at radius 2 is 1.92 bits per heavy atom. The third-order valence-corrected chi connectivity index (χ3v) is 5.18. The molecule has 1 aromatic carbocycles. The van der Waals surface area contributed by atoms with Gasteiger partial charge in [0.2, 0.25) is 5.91 Å². The quantitative estimate of drug-likeness (QED) is 0.796. The van der Waals surface area contributed by atoms with Crippen LogP contribution in [-0.2, 0) is 4.79 Å². The zero-order valence-corrected chi connectivity index (χ0v) is 14.7. The van der Waals surface area contributed by atoms with Gasteiger partial charge in [-0.1, -0.05) is 25.1 Å². The van der Waals surface area contributed by atoms with Crippen LogP contribution >= 0.6 is 0 Å². The zero-order chi connectivity index (χ0) is 16.8. The number of benzene rings is 1. The molecule has 4 heteroatoms. The van der Waals surface area contributed by atoms with Gasteiger partial charge in [0.25, 0.3) is 0 Å². The second-order valence-corrected chi connectivity index (χ2v) is 7.30. The molecule has 1 amide bonds. The number of carbonyl (C=O) groups is 1. The van der Waals surface area contributed by atoms with Crippen molar-refractivity contribution in [2.24, 2.45) is 11.8 Å². The highest BCUT2D eigenvalue weighted by atomic mass is 16.5. The SMILES string of the molecule is CC(CCOc1ccccc1)C(=O)N1CCC(NCC2CC2)CC1. The number of para-hydroxylation sites is 1. The zero-order valence-electron chi connectivity index (χ0n) is 14.7. The van der Waals surface area contributed by atoms with E-state index >= 15 is 0 Å². The van der Waals surface area contributed by atoms with E-state index in [1.807, 2.05) is 42.2 Å². The number of hydrogen-bond donors (Lipinski definition) is 1. The third kappa shape index (κ3) is 5.23. The maximum Gasteiger partial charge on any atom is 0.225 e. The van der Waals surface area contributed by atoms with Crippen molar-refractivity contribution < 1.29 is 9.53 Å². The van der Waals surface area contributed by atoms with Crippen molar-refractivity contribution in [3.63, 3.8) is 0 Å². The molecular formula is C20H30N2O2. The fourth-order valence-electron chi connectivity index (χ4n) is 3.26. The van der Waals surface area contributed by atoms with Gasteiger partial charge < -0.3 is 15.0 Å². The second-order valence-electron chi connectivity index (χ2n) is 7.30. The average Bonchev–Trinajstić information content (AvgIpc) is 3.45. The third-order valence-electron chi connectivity index (χ3n) is 5.18. The molecule has 1 heterocycles. The van der Waals surface area contributed by atoms with Crippen LogP contribution in [-0.4, -0.2) is 43.1 Å². The van der Waals surface area contributed by atoms with Gasteiger partial charge in [-0.3, -0.25) is 4.79 Å². The Kier molecular flexibility index (Phi) is 6.13. The van der Waals surface area contributed by atoms with Crippen molar-refractivity contribution in [1.82, 2.24) is 10.2 Å². The van der Waals surface area contributed by atoms with Crippen molar-refractivity contribution in [2.75, 3.05) is 26.2 Å². The average molecular weight is 330 g/mol. The van der Waals surface area contributed by atoms with Crippen molar-refractivity contribution in [2.45, 2.75) is 45.1 Å². The molecule has 1 saturated carbocycles. The highest BCUT2D eigenvalue weighted by molar-refractivity contribution is 5.78. The Bertz CT molecular complexity index is 508. The molecule has 2 fully saturated rings. The summed E-state index contributed by atoms with van der Waals surface area (Å²) in [6.07, 6.45) is 5.74. The summed E-state index contributed by atoms with van der Waals surface area (Å²) >= 11 is 0. The van der Waals surface area contributed by atoms with E-state index < -0.39 is 0 Å². The van der Waals surface area contributed by atoms with Crippen LogP contribution in [0.5, 0.6) is 5.75 Å². The van der Waals surface area contributed by atoms with E-state index in [1.165, 1.54) is 19.4 Å². The van der Waals surface area contributed by atoms with E-state index in [9.17, 15) is 4.79 Å². The molecule has 3 rings (SSSR count). The number of piperidine rings is 1. The first kappa shape index (κ1) is 17.3. The highest BCUT2D eigenvalue weighted by Crippen LogP contribution is 2.28. The minimum Gasteiger partial charge on any atom is -0.494 e. The molecule has 1 aliphatic heterocycles. The predicted molar refractivity (Wildman–Crippen MR) is 96.0 cm³/mol. The molecule has 0 bridgehead atoms. The topological polar surface area (TPSA) is 41.6 Å². The minimum atomic E-state index is 0.0321. The van der Waals surface area contributed by atoms with Crippen LogP contribution in [0, 0.1) is 11.8 Å². The van der Waals surface area contributed by atoms with E-state index in [0.29, 0.717) is 12.6 Å². The first-order valence-electron chi connectivity index (χ1n) is 9.42.